The molecule has 0 spiro atoms. The van der Waals surface area contributed by atoms with Gasteiger partial charge in [0.2, 0.25) is 0 Å². The second kappa shape index (κ2) is 7.85. The predicted octanol–water partition coefficient (Wildman–Crippen LogP) is 3.07. The molecule has 1 amide bonds. The zero-order valence-corrected chi connectivity index (χ0v) is 16.4. The Morgan fingerprint density at radius 1 is 1.15 bits per heavy atom. The van der Waals surface area contributed by atoms with Crippen LogP contribution < -0.4 is 5.32 Å². The van der Waals surface area contributed by atoms with E-state index in [1.54, 1.807) is 0 Å². The van der Waals surface area contributed by atoms with Gasteiger partial charge in [0.15, 0.2) is 5.69 Å². The summed E-state index contributed by atoms with van der Waals surface area (Å²) in [5.74, 6) is 1.46. The largest absolute Gasteiger partial charge is 0.349 e. The highest BCUT2D eigenvalue weighted by atomic mass is 16.2. The van der Waals surface area contributed by atoms with E-state index in [0.29, 0.717) is 12.2 Å². The minimum atomic E-state index is -0.0269. The zero-order valence-electron chi connectivity index (χ0n) is 16.4. The topological polar surface area (TPSA) is 50.2 Å². The van der Waals surface area contributed by atoms with E-state index in [-0.39, 0.29) is 5.91 Å². The van der Waals surface area contributed by atoms with Gasteiger partial charge in [-0.1, -0.05) is 32.0 Å². The van der Waals surface area contributed by atoms with Crippen molar-refractivity contribution in [1.29, 1.82) is 0 Å². The molecule has 5 nitrogen and oxygen atoms in total. The van der Waals surface area contributed by atoms with Crippen LogP contribution in [0.15, 0.2) is 30.3 Å². The van der Waals surface area contributed by atoms with E-state index in [1.807, 2.05) is 35.0 Å². The van der Waals surface area contributed by atoms with Crippen LogP contribution in [0.25, 0.3) is 5.69 Å². The van der Waals surface area contributed by atoms with Crippen LogP contribution in [0.3, 0.4) is 0 Å². The molecule has 4 rings (SSSR count). The van der Waals surface area contributed by atoms with Crippen LogP contribution in [0.4, 0.5) is 0 Å². The fraction of sp³-hybridized carbons (Fsp3) is 0.545. The number of hydrogen-bond acceptors (Lipinski definition) is 3. The van der Waals surface area contributed by atoms with Crippen molar-refractivity contribution in [2.45, 2.75) is 39.5 Å². The number of benzene rings is 1. The van der Waals surface area contributed by atoms with Gasteiger partial charge in [-0.3, -0.25) is 4.79 Å². The summed E-state index contributed by atoms with van der Waals surface area (Å²) in [6.45, 7) is 8.52. The maximum Gasteiger partial charge on any atom is 0.272 e. The number of carbonyl (C=O) groups excluding carboxylic acids is 1. The van der Waals surface area contributed by atoms with E-state index < -0.39 is 0 Å². The van der Waals surface area contributed by atoms with Crippen LogP contribution in [0.2, 0.25) is 0 Å². The smallest absolute Gasteiger partial charge is 0.272 e. The molecular weight excluding hydrogens is 336 g/mol. The Hall–Kier alpha value is -2.14. The maximum atomic E-state index is 12.8. The number of fused-ring (bicyclic) bond motifs is 1. The van der Waals surface area contributed by atoms with Crippen molar-refractivity contribution in [3.8, 4) is 5.69 Å². The molecule has 2 atom stereocenters. The molecule has 2 unspecified atom stereocenters. The van der Waals surface area contributed by atoms with Gasteiger partial charge in [0.05, 0.1) is 5.69 Å². The molecule has 27 heavy (non-hydrogen) atoms. The quantitative estimate of drug-likeness (QED) is 0.885. The predicted molar refractivity (Wildman–Crippen MR) is 107 cm³/mol. The average molecular weight is 367 g/mol. The maximum absolute atomic E-state index is 12.8. The lowest BCUT2D eigenvalue weighted by Gasteiger charge is -2.34. The third kappa shape index (κ3) is 3.93. The molecule has 0 saturated carbocycles. The molecule has 144 valence electrons. The van der Waals surface area contributed by atoms with Crippen molar-refractivity contribution < 1.29 is 4.79 Å². The number of likely N-dealkylation sites (tertiary alicyclic amines) is 1. The number of nitrogens with one attached hydrogen (secondary N) is 1. The van der Waals surface area contributed by atoms with E-state index >= 15 is 0 Å². The van der Waals surface area contributed by atoms with Gasteiger partial charge in [0.25, 0.3) is 5.91 Å². The standard InChI is InChI=1S/C22H30N4O/c1-16-13-17(2)15-25(14-16)12-11-23-22(27)21-19-9-6-10-20(19)26(24-21)18-7-4-3-5-8-18/h3-5,7-8,16-17H,6,9-15H2,1-2H3,(H,23,27). The van der Waals surface area contributed by atoms with Crippen molar-refractivity contribution in [2.24, 2.45) is 11.8 Å². The molecule has 2 heterocycles. The first-order valence-electron chi connectivity index (χ1n) is 10.3. The Morgan fingerprint density at radius 3 is 2.63 bits per heavy atom. The van der Waals surface area contributed by atoms with Crippen LogP contribution in [-0.2, 0) is 12.8 Å². The molecule has 1 aliphatic heterocycles. The molecule has 1 aromatic heterocycles. The van der Waals surface area contributed by atoms with Gasteiger partial charge in [0, 0.05) is 37.4 Å². The number of aromatic nitrogens is 2. The Bertz CT molecular complexity index is 788. The molecule has 0 bridgehead atoms. The zero-order chi connectivity index (χ0) is 18.8. The summed E-state index contributed by atoms with van der Waals surface area (Å²) in [7, 11) is 0. The van der Waals surface area contributed by atoms with Gasteiger partial charge >= 0.3 is 0 Å². The third-order valence-electron chi connectivity index (χ3n) is 5.80. The Morgan fingerprint density at radius 2 is 1.89 bits per heavy atom. The van der Waals surface area contributed by atoms with Gasteiger partial charge in [-0.05, 0) is 49.7 Å². The molecular formula is C22H30N4O. The molecule has 1 aromatic carbocycles. The molecule has 2 aliphatic rings. The number of rotatable bonds is 5. The SMILES string of the molecule is CC1CC(C)CN(CCNC(=O)c2nn(-c3ccccc3)c3c2CCC3)C1. The van der Waals surface area contributed by atoms with Gasteiger partial charge in [-0.2, -0.15) is 5.10 Å². The van der Waals surface area contributed by atoms with E-state index in [1.165, 1.54) is 12.1 Å². The molecule has 1 saturated heterocycles. The van der Waals surface area contributed by atoms with E-state index in [4.69, 9.17) is 0 Å². The summed E-state index contributed by atoms with van der Waals surface area (Å²) in [6.07, 6.45) is 4.36. The highest BCUT2D eigenvalue weighted by Crippen LogP contribution is 2.27. The summed E-state index contributed by atoms with van der Waals surface area (Å²) < 4.78 is 1.96. The lowest BCUT2D eigenvalue weighted by atomic mass is 9.92. The number of hydrogen-bond donors (Lipinski definition) is 1. The first-order valence-corrected chi connectivity index (χ1v) is 10.3. The molecule has 1 fully saturated rings. The van der Waals surface area contributed by atoms with Crippen LogP contribution >= 0.6 is 0 Å². The summed E-state index contributed by atoms with van der Waals surface area (Å²) >= 11 is 0. The monoisotopic (exact) mass is 366 g/mol. The molecule has 1 N–H and O–H groups in total. The highest BCUT2D eigenvalue weighted by molar-refractivity contribution is 5.94. The van der Waals surface area contributed by atoms with Crippen molar-refractivity contribution >= 4 is 5.91 Å². The third-order valence-corrected chi connectivity index (χ3v) is 5.80. The van der Waals surface area contributed by atoms with E-state index in [2.05, 4.69) is 29.2 Å². The van der Waals surface area contributed by atoms with Crippen LogP contribution in [0.5, 0.6) is 0 Å². The number of para-hydroxylation sites is 1. The summed E-state index contributed by atoms with van der Waals surface area (Å²) in [5, 5.41) is 7.80. The summed E-state index contributed by atoms with van der Waals surface area (Å²) in [6, 6.07) is 10.1. The lowest BCUT2D eigenvalue weighted by Crippen LogP contribution is -2.43. The lowest BCUT2D eigenvalue weighted by molar-refractivity contribution is 0.0930. The molecule has 5 heteroatoms. The van der Waals surface area contributed by atoms with Gasteiger partial charge in [-0.15, -0.1) is 0 Å². The Labute approximate surface area is 161 Å². The van der Waals surface area contributed by atoms with Crippen LogP contribution in [0, 0.1) is 11.8 Å². The number of nitrogens with zero attached hydrogens (tertiary/aromatic N) is 3. The van der Waals surface area contributed by atoms with Gasteiger partial charge < -0.3 is 10.2 Å². The Kier molecular flexibility index (Phi) is 5.30. The van der Waals surface area contributed by atoms with Crippen molar-refractivity contribution in [3.63, 3.8) is 0 Å². The first kappa shape index (κ1) is 18.2. The number of amides is 1. The fourth-order valence-corrected chi connectivity index (χ4v) is 4.79. The van der Waals surface area contributed by atoms with E-state index in [9.17, 15) is 4.79 Å². The number of carbonyl (C=O) groups is 1. The average Bonchev–Trinajstić information content (AvgIpc) is 3.24. The number of piperidine rings is 1. The Balaban J connectivity index is 1.42. The summed E-state index contributed by atoms with van der Waals surface area (Å²) in [5.41, 5.74) is 3.99. The second-order valence-corrected chi connectivity index (χ2v) is 8.34. The molecule has 0 radical (unpaired) electrons. The van der Waals surface area contributed by atoms with Crippen LogP contribution in [-0.4, -0.2) is 46.8 Å². The highest BCUT2D eigenvalue weighted by Gasteiger charge is 2.27. The first-order chi connectivity index (χ1) is 13.1. The second-order valence-electron chi connectivity index (χ2n) is 8.34. The van der Waals surface area contributed by atoms with Crippen molar-refractivity contribution in [1.82, 2.24) is 20.0 Å². The summed E-state index contributed by atoms with van der Waals surface area (Å²) in [4.78, 5) is 15.3. The van der Waals surface area contributed by atoms with Gasteiger partial charge in [-0.25, -0.2) is 4.68 Å². The van der Waals surface area contributed by atoms with Gasteiger partial charge in [0.1, 0.15) is 0 Å². The van der Waals surface area contributed by atoms with Crippen molar-refractivity contribution in [2.75, 3.05) is 26.2 Å². The van der Waals surface area contributed by atoms with Crippen molar-refractivity contribution in [3.05, 3.63) is 47.3 Å². The fourth-order valence-electron chi connectivity index (χ4n) is 4.79. The minimum Gasteiger partial charge on any atom is -0.349 e. The minimum absolute atomic E-state index is 0.0269. The molecule has 2 aromatic rings. The molecule has 1 aliphatic carbocycles. The van der Waals surface area contributed by atoms with Crippen LogP contribution in [0.1, 0.15) is 48.4 Å². The van der Waals surface area contributed by atoms with E-state index in [0.717, 1.165) is 62.0 Å². The normalized spacial score (nSPS) is 22.6.